The number of hydrogen-bond acceptors (Lipinski definition) is 6. The number of methoxy groups -OCH3 is 1. The second-order valence-electron chi connectivity index (χ2n) is 4.53. The number of nitrogens with two attached hydrogens (primary N) is 1. The number of nitrogens with zero attached hydrogens (tertiary/aromatic N) is 2. The molecule has 7 heteroatoms. The van der Waals surface area contributed by atoms with E-state index in [1.807, 2.05) is 0 Å². The van der Waals surface area contributed by atoms with Gasteiger partial charge in [0.25, 0.3) is 5.91 Å². The van der Waals surface area contributed by atoms with Crippen molar-refractivity contribution in [1.29, 1.82) is 0 Å². The molecule has 1 unspecified atom stereocenters. The lowest BCUT2D eigenvalue weighted by molar-refractivity contribution is 0.0380. The number of nitrogen functional groups attached to an aromatic ring is 1. The Bertz CT molecular complexity index is 614. The van der Waals surface area contributed by atoms with E-state index in [-0.39, 0.29) is 19.1 Å². The number of hydrogen-bond donors (Lipinski definition) is 2. The van der Waals surface area contributed by atoms with Crippen LogP contribution in [0.1, 0.15) is 10.4 Å². The highest BCUT2D eigenvalue weighted by Crippen LogP contribution is 2.24. The van der Waals surface area contributed by atoms with Crippen LogP contribution >= 0.6 is 11.3 Å². The third-order valence-electron chi connectivity index (χ3n) is 2.84. The van der Waals surface area contributed by atoms with E-state index in [9.17, 15) is 9.90 Å². The minimum absolute atomic E-state index is 0.158. The number of benzene rings is 1. The van der Waals surface area contributed by atoms with Crippen LogP contribution in [-0.4, -0.2) is 54.3 Å². The van der Waals surface area contributed by atoms with Crippen molar-refractivity contribution in [3.05, 3.63) is 23.8 Å². The molecule has 1 aromatic carbocycles. The standard InChI is InChI=1S/C13H17N3O3S/c1-16(6-9(17)7-19-2)12(18)8-3-4-10-11(5-8)20-13(14)15-10/h3-5,9,17H,6-7H2,1-2H3,(H2,14,15). The minimum atomic E-state index is -0.697. The SMILES string of the molecule is COCC(O)CN(C)C(=O)c1ccc2nc(N)sc2c1. The average Bonchev–Trinajstić information content (AvgIpc) is 2.76. The zero-order valence-electron chi connectivity index (χ0n) is 11.4. The zero-order chi connectivity index (χ0) is 14.7. The quantitative estimate of drug-likeness (QED) is 0.857. The van der Waals surface area contributed by atoms with Crippen molar-refractivity contribution in [3.8, 4) is 0 Å². The largest absolute Gasteiger partial charge is 0.389 e. The number of carbonyl (C=O) groups is 1. The average molecular weight is 295 g/mol. The Labute approximate surface area is 120 Å². The van der Waals surface area contributed by atoms with E-state index in [1.165, 1.54) is 23.3 Å². The van der Waals surface area contributed by atoms with E-state index in [0.717, 1.165) is 10.2 Å². The number of anilines is 1. The van der Waals surface area contributed by atoms with Gasteiger partial charge in [0.2, 0.25) is 0 Å². The second-order valence-corrected chi connectivity index (χ2v) is 5.59. The molecule has 0 saturated heterocycles. The fraction of sp³-hybridized carbons (Fsp3) is 0.385. The number of aromatic nitrogens is 1. The summed E-state index contributed by atoms with van der Waals surface area (Å²) in [7, 11) is 3.15. The van der Waals surface area contributed by atoms with Crippen LogP contribution in [0.3, 0.4) is 0 Å². The Morgan fingerprint density at radius 3 is 3.05 bits per heavy atom. The predicted octanol–water partition coefficient (Wildman–Crippen LogP) is 0.958. The van der Waals surface area contributed by atoms with Gasteiger partial charge in [-0.05, 0) is 18.2 Å². The highest BCUT2D eigenvalue weighted by atomic mass is 32.1. The molecule has 20 heavy (non-hydrogen) atoms. The van der Waals surface area contributed by atoms with Gasteiger partial charge in [-0.15, -0.1) is 0 Å². The van der Waals surface area contributed by atoms with Crippen molar-refractivity contribution in [1.82, 2.24) is 9.88 Å². The van der Waals surface area contributed by atoms with E-state index in [1.54, 1.807) is 25.2 Å². The second kappa shape index (κ2) is 6.17. The molecule has 0 saturated carbocycles. The van der Waals surface area contributed by atoms with Crippen molar-refractivity contribution >= 4 is 32.6 Å². The number of amides is 1. The van der Waals surface area contributed by atoms with Crippen LogP contribution in [0.25, 0.3) is 10.2 Å². The molecule has 0 spiro atoms. The van der Waals surface area contributed by atoms with Gasteiger partial charge in [-0.2, -0.15) is 0 Å². The predicted molar refractivity (Wildman–Crippen MR) is 78.9 cm³/mol. The Morgan fingerprint density at radius 2 is 2.35 bits per heavy atom. The van der Waals surface area contributed by atoms with Gasteiger partial charge in [-0.3, -0.25) is 4.79 Å². The third-order valence-corrected chi connectivity index (χ3v) is 3.69. The fourth-order valence-electron chi connectivity index (χ4n) is 1.94. The van der Waals surface area contributed by atoms with Gasteiger partial charge < -0.3 is 20.5 Å². The molecule has 0 aliphatic carbocycles. The first-order valence-corrected chi connectivity index (χ1v) is 6.91. The van der Waals surface area contributed by atoms with Crippen molar-refractivity contribution in [2.24, 2.45) is 0 Å². The first-order valence-electron chi connectivity index (χ1n) is 6.09. The lowest BCUT2D eigenvalue weighted by Gasteiger charge is -2.20. The molecule has 1 atom stereocenters. The summed E-state index contributed by atoms with van der Waals surface area (Å²) in [5.41, 5.74) is 6.97. The van der Waals surface area contributed by atoms with Gasteiger partial charge in [-0.25, -0.2) is 4.98 Å². The maximum Gasteiger partial charge on any atom is 0.253 e. The van der Waals surface area contributed by atoms with Crippen LogP contribution in [0.15, 0.2) is 18.2 Å². The number of fused-ring (bicyclic) bond motifs is 1. The van der Waals surface area contributed by atoms with E-state index in [0.29, 0.717) is 10.7 Å². The molecular weight excluding hydrogens is 278 g/mol. The van der Waals surface area contributed by atoms with E-state index in [4.69, 9.17) is 10.5 Å². The maximum absolute atomic E-state index is 12.3. The Morgan fingerprint density at radius 1 is 1.60 bits per heavy atom. The van der Waals surface area contributed by atoms with E-state index < -0.39 is 6.10 Å². The number of ether oxygens (including phenoxy) is 1. The Kier molecular flexibility index (Phi) is 4.53. The minimum Gasteiger partial charge on any atom is -0.389 e. The normalized spacial score (nSPS) is 12.6. The molecule has 0 aliphatic heterocycles. The Balaban J connectivity index is 2.13. The molecule has 3 N–H and O–H groups in total. The molecule has 0 radical (unpaired) electrons. The van der Waals surface area contributed by atoms with Crippen molar-refractivity contribution in [2.75, 3.05) is 33.0 Å². The van der Waals surface area contributed by atoms with E-state index in [2.05, 4.69) is 4.98 Å². The van der Waals surface area contributed by atoms with Crippen molar-refractivity contribution in [2.45, 2.75) is 6.10 Å². The lowest BCUT2D eigenvalue weighted by Crippen LogP contribution is -2.36. The molecule has 6 nitrogen and oxygen atoms in total. The molecule has 2 rings (SSSR count). The summed E-state index contributed by atoms with van der Waals surface area (Å²) in [6.07, 6.45) is -0.697. The molecule has 0 aliphatic rings. The Hall–Kier alpha value is -1.70. The maximum atomic E-state index is 12.3. The lowest BCUT2D eigenvalue weighted by atomic mass is 10.2. The summed E-state index contributed by atoms with van der Waals surface area (Å²) in [6, 6.07) is 5.25. The first kappa shape index (κ1) is 14.7. The molecule has 2 aromatic rings. The fourth-order valence-corrected chi connectivity index (χ4v) is 2.71. The molecule has 1 heterocycles. The number of likely N-dealkylation sites (N-methyl/N-ethyl adjacent to an activating group) is 1. The van der Waals surface area contributed by atoms with Crippen LogP contribution in [0, 0.1) is 0 Å². The van der Waals surface area contributed by atoms with Crippen LogP contribution in [0.5, 0.6) is 0 Å². The summed E-state index contributed by atoms with van der Waals surface area (Å²) in [6.45, 7) is 0.414. The highest BCUT2D eigenvalue weighted by Gasteiger charge is 2.16. The molecule has 1 aromatic heterocycles. The van der Waals surface area contributed by atoms with Gasteiger partial charge in [0.05, 0.1) is 22.9 Å². The summed E-state index contributed by atoms with van der Waals surface area (Å²) in [4.78, 5) is 17.9. The van der Waals surface area contributed by atoms with Crippen molar-refractivity contribution in [3.63, 3.8) is 0 Å². The van der Waals surface area contributed by atoms with Crippen molar-refractivity contribution < 1.29 is 14.6 Å². The highest BCUT2D eigenvalue weighted by molar-refractivity contribution is 7.22. The zero-order valence-corrected chi connectivity index (χ0v) is 12.2. The van der Waals surface area contributed by atoms with Gasteiger partial charge in [-0.1, -0.05) is 11.3 Å². The van der Waals surface area contributed by atoms with Crippen LogP contribution in [0.4, 0.5) is 5.13 Å². The monoisotopic (exact) mass is 295 g/mol. The number of aliphatic hydroxyl groups excluding tert-OH is 1. The number of rotatable bonds is 5. The molecular formula is C13H17N3O3S. The van der Waals surface area contributed by atoms with Gasteiger partial charge in [0.1, 0.15) is 0 Å². The van der Waals surface area contributed by atoms with E-state index >= 15 is 0 Å². The topological polar surface area (TPSA) is 88.7 Å². The molecule has 1 amide bonds. The molecule has 0 bridgehead atoms. The number of thiazole rings is 1. The van der Waals surface area contributed by atoms with Gasteiger partial charge in [0, 0.05) is 26.3 Å². The van der Waals surface area contributed by atoms with Crippen LogP contribution in [-0.2, 0) is 4.74 Å². The van der Waals surface area contributed by atoms with Gasteiger partial charge in [0.15, 0.2) is 5.13 Å². The molecule has 108 valence electrons. The third kappa shape index (κ3) is 3.24. The van der Waals surface area contributed by atoms with Crippen LogP contribution < -0.4 is 5.73 Å². The number of carbonyl (C=O) groups excluding carboxylic acids is 1. The summed E-state index contributed by atoms with van der Waals surface area (Å²) >= 11 is 1.34. The van der Waals surface area contributed by atoms with Crippen LogP contribution in [0.2, 0.25) is 0 Å². The summed E-state index contributed by atoms with van der Waals surface area (Å²) < 4.78 is 5.72. The first-order chi connectivity index (χ1) is 9.51. The van der Waals surface area contributed by atoms with Gasteiger partial charge >= 0.3 is 0 Å². The summed E-state index contributed by atoms with van der Waals surface area (Å²) in [5.74, 6) is -0.158. The summed E-state index contributed by atoms with van der Waals surface area (Å²) in [5, 5.41) is 10.1. The molecule has 0 fully saturated rings. The smallest absolute Gasteiger partial charge is 0.253 e. The number of aliphatic hydroxyl groups is 1.